The second kappa shape index (κ2) is 29.5. The number of nitrogens with zero attached hydrogens (tertiary/aromatic N) is 5. The van der Waals surface area contributed by atoms with Crippen LogP contribution in [0.25, 0.3) is 106 Å². The van der Waals surface area contributed by atoms with E-state index in [9.17, 15) is 0 Å². The molecule has 0 fully saturated rings. The average Bonchev–Trinajstić information content (AvgIpc) is 1.61. The van der Waals surface area contributed by atoms with Gasteiger partial charge in [-0.2, -0.15) is 0 Å². The molecule has 0 unspecified atom stereocenters. The molecule has 0 radical (unpaired) electrons. The van der Waals surface area contributed by atoms with Gasteiger partial charge in [-0.05, 0) is 141 Å². The summed E-state index contributed by atoms with van der Waals surface area (Å²) >= 11 is 0. The van der Waals surface area contributed by atoms with Crippen LogP contribution in [-0.4, -0.2) is 78.2 Å². The van der Waals surface area contributed by atoms with Gasteiger partial charge in [0.1, 0.15) is 0 Å². The fraction of sp³-hybridized carbons (Fsp3) is 0.296. The van der Waals surface area contributed by atoms with Crippen molar-refractivity contribution in [1.82, 2.24) is 44.9 Å². The lowest BCUT2D eigenvalue weighted by Crippen LogP contribution is -2.25. The van der Waals surface area contributed by atoms with Crippen LogP contribution in [0.1, 0.15) is 155 Å². The Kier molecular flexibility index (Phi) is 20.0. The highest BCUT2D eigenvalue weighted by Crippen LogP contribution is 2.44. The molecule has 5 N–H and O–H groups in total. The van der Waals surface area contributed by atoms with E-state index in [2.05, 4.69) is 329 Å². The lowest BCUT2D eigenvalue weighted by atomic mass is 9.86. The number of nitrogens with one attached hydrogen (secondary N) is 5. The number of fused-ring (bicyclic) bond motifs is 16. The van der Waals surface area contributed by atoms with Gasteiger partial charge in [-0.3, -0.25) is 24.9 Å². The first-order valence-electron chi connectivity index (χ1n) is 38.9. The average molecular weight is 1470 g/mol. The Morgan fingerprint density at radius 2 is 0.676 bits per heavy atom. The van der Waals surface area contributed by atoms with Crippen LogP contribution in [0.15, 0.2) is 211 Å². The highest BCUT2D eigenvalue weighted by atomic mass is 16.7. The summed E-state index contributed by atoms with van der Waals surface area (Å²) in [7, 11) is 5.03. The highest BCUT2D eigenvalue weighted by molar-refractivity contribution is 5.94. The van der Waals surface area contributed by atoms with Crippen LogP contribution in [0, 0.1) is 40.0 Å². The Balaban J connectivity index is 0.000000137. The van der Waals surface area contributed by atoms with E-state index in [1.54, 1.807) is 21.3 Å². The highest BCUT2D eigenvalue weighted by Gasteiger charge is 2.37. The van der Waals surface area contributed by atoms with E-state index in [4.69, 9.17) is 39.1 Å². The van der Waals surface area contributed by atoms with Crippen molar-refractivity contribution in [2.24, 2.45) is 10.4 Å². The van der Waals surface area contributed by atoms with Gasteiger partial charge in [0.25, 0.3) is 0 Å². The molecule has 564 valence electrons. The number of hydrogen-bond acceptors (Lipinski definition) is 8. The van der Waals surface area contributed by atoms with Crippen molar-refractivity contribution in [3.63, 3.8) is 0 Å². The Morgan fingerprint density at radius 3 is 1.04 bits per heavy atom. The number of aliphatic imine (C=N–C) groups is 1. The number of rotatable bonds is 10. The number of aromatic nitrogens is 9. The van der Waals surface area contributed by atoms with Gasteiger partial charge in [0.05, 0.1) is 24.0 Å². The van der Waals surface area contributed by atoms with Crippen LogP contribution in [-0.2, 0) is 56.8 Å². The maximum atomic E-state index is 6.13. The van der Waals surface area contributed by atoms with E-state index in [1.807, 2.05) is 6.20 Å². The standard InChI is InChI=1S/C39H40N4O.C38H38N4.C21H26N2O2/c1-23-8-12-25(13-9-23)29-17-27-16-28-21-38(3,4)35(41-28)20-32-30(26-14-10-24(2)11-15-26)18-33(42-32)37(44-7)34-22-39(5,6)36(43-34)19-31(29)40-27;1-23-7-11-25(12-8-23)31-17-27-15-29-21-38(5,6)36(42-29)20-34-32(26-13-9-24(2)10-14-26)18-28(40-34)16-30-22-37(3,4)35(41-30)19-33(31)39-27;1-14-6-8-15(9-7-14)16-10-11-22-17(16)12-19-21(2,3)13-18(23-19)20(24-4)25-5/h8-20,40,42H,21-22H2,1-7H3;7-20,39-40H,21-22H2,1-6H3;6-12,20,22H,13H2,1-5H3/b;;19-12-. The summed E-state index contributed by atoms with van der Waals surface area (Å²) in [5.74, 6) is 0.778. The predicted molar refractivity (Wildman–Crippen MR) is 459 cm³/mol. The van der Waals surface area contributed by atoms with Crippen LogP contribution >= 0.6 is 0 Å². The molecule has 17 rings (SSSR count). The van der Waals surface area contributed by atoms with Gasteiger partial charge in [-0.1, -0.05) is 218 Å². The topological polar surface area (TPSA) is 171 Å². The molecule has 0 aliphatic carbocycles. The molecule has 12 aromatic rings. The van der Waals surface area contributed by atoms with Crippen molar-refractivity contribution in [1.29, 1.82) is 0 Å². The Morgan fingerprint density at radius 1 is 0.342 bits per heavy atom. The van der Waals surface area contributed by atoms with Gasteiger partial charge in [-0.25, -0.2) is 0 Å². The molecule has 12 heterocycles. The molecule has 7 aromatic heterocycles. The summed E-state index contributed by atoms with van der Waals surface area (Å²) < 4.78 is 16.9. The summed E-state index contributed by atoms with van der Waals surface area (Å²) in [5.41, 5.74) is 37.4. The molecule has 5 aromatic carbocycles. The van der Waals surface area contributed by atoms with Crippen LogP contribution in [0.5, 0.6) is 5.75 Å². The van der Waals surface area contributed by atoms with Crippen LogP contribution in [0.3, 0.4) is 0 Å². The fourth-order valence-corrected chi connectivity index (χ4v) is 16.2. The zero-order chi connectivity index (χ0) is 78.1. The molecule has 111 heavy (non-hydrogen) atoms. The largest absolute Gasteiger partial charge is 0.493 e. The van der Waals surface area contributed by atoms with Gasteiger partial charge >= 0.3 is 0 Å². The Labute approximate surface area is 653 Å². The molecule has 0 spiro atoms. The maximum absolute atomic E-state index is 6.13. The fourth-order valence-electron chi connectivity index (χ4n) is 16.2. The summed E-state index contributed by atoms with van der Waals surface area (Å²) in [5, 5.41) is 0. The maximum Gasteiger partial charge on any atom is 0.196 e. The third-order valence-electron chi connectivity index (χ3n) is 22.7. The number of ether oxygens (including phenoxy) is 3. The third-order valence-corrected chi connectivity index (χ3v) is 22.7. The number of hydrogen-bond donors (Lipinski definition) is 5. The van der Waals surface area contributed by atoms with Crippen molar-refractivity contribution in [3.05, 3.63) is 285 Å². The molecular weight excluding hydrogens is 1370 g/mol. The van der Waals surface area contributed by atoms with Crippen molar-refractivity contribution in [2.45, 2.75) is 164 Å². The molecule has 5 aliphatic heterocycles. The Hall–Kier alpha value is -11.3. The summed E-state index contributed by atoms with van der Waals surface area (Å²) in [6.45, 7) is 33.2. The number of allylic oxidation sites excluding steroid dienone is 1. The van der Waals surface area contributed by atoms with Crippen LogP contribution < -0.4 is 4.74 Å². The molecule has 0 amide bonds. The molecule has 5 aliphatic rings. The second-order valence-electron chi connectivity index (χ2n) is 34.5. The first-order valence-corrected chi connectivity index (χ1v) is 38.9. The van der Waals surface area contributed by atoms with E-state index < -0.39 is 0 Å². The first-order chi connectivity index (χ1) is 52.9. The van der Waals surface area contributed by atoms with E-state index in [-0.39, 0.29) is 33.4 Å². The van der Waals surface area contributed by atoms with Crippen molar-refractivity contribution in [2.75, 3.05) is 21.3 Å². The Bertz CT molecular complexity index is 5800. The van der Waals surface area contributed by atoms with Gasteiger partial charge in [-0.15, -0.1) is 0 Å². The second-order valence-corrected chi connectivity index (χ2v) is 34.5. The lowest BCUT2D eigenvalue weighted by molar-refractivity contribution is -0.0532. The predicted octanol–water partition coefficient (Wildman–Crippen LogP) is 23.4. The van der Waals surface area contributed by atoms with Crippen molar-refractivity contribution in [3.8, 4) is 61.4 Å². The molecule has 16 bridgehead atoms. The normalized spacial score (nSPS) is 16.1. The van der Waals surface area contributed by atoms with Crippen LogP contribution in [0.2, 0.25) is 0 Å². The zero-order valence-corrected chi connectivity index (χ0v) is 67.7. The van der Waals surface area contributed by atoms with Gasteiger partial charge in [0, 0.05) is 197 Å². The van der Waals surface area contributed by atoms with Crippen molar-refractivity contribution < 1.29 is 14.2 Å². The van der Waals surface area contributed by atoms with E-state index >= 15 is 0 Å². The lowest BCUT2D eigenvalue weighted by Gasteiger charge is -2.19. The van der Waals surface area contributed by atoms with Gasteiger partial charge < -0.3 is 39.1 Å². The summed E-state index contributed by atoms with van der Waals surface area (Å²) in [6.07, 6.45) is 7.96. The van der Waals surface area contributed by atoms with Crippen LogP contribution in [0.4, 0.5) is 0 Å². The quantitative estimate of drug-likeness (QED) is 0.0849. The number of aromatic amines is 5. The smallest absolute Gasteiger partial charge is 0.196 e. The molecule has 13 nitrogen and oxygen atoms in total. The molecular formula is C98H104N10O3. The summed E-state index contributed by atoms with van der Waals surface area (Å²) in [6, 6.07) is 70.3. The van der Waals surface area contributed by atoms with E-state index in [1.165, 1.54) is 66.8 Å². The number of H-pyrrole nitrogens is 5. The van der Waals surface area contributed by atoms with E-state index in [0.29, 0.717) is 0 Å². The van der Waals surface area contributed by atoms with E-state index in [0.717, 1.165) is 161 Å². The minimum atomic E-state index is -0.384. The number of methoxy groups -OCH3 is 3. The van der Waals surface area contributed by atoms with Crippen molar-refractivity contribution >= 4 is 55.9 Å². The zero-order valence-electron chi connectivity index (χ0n) is 67.7. The third kappa shape index (κ3) is 15.8. The SMILES string of the molecule is COC(OC)C1=N/C(=C\c2[nH]ccc2-c2ccc(C)cc2)C(C)(C)C1.COc1c2nc(cc3[nH]c(cc4nc(cc5[nH]c1cc5-c1ccc(C)cc1)C(C)(C)C4)cc3-c1ccc(C)cc1)C(C)(C)C2.Cc1ccc(-c2cc3cc4nc(cc5[nH]c(cc6nc(cc2[nH]3)C(C)(C)C6)cc5-c2ccc(C)cc2)C(C)(C)C4)cc1. The molecule has 13 heteroatoms. The minimum Gasteiger partial charge on any atom is -0.493 e. The number of aryl methyl sites for hydroxylation is 5. The van der Waals surface area contributed by atoms with Gasteiger partial charge in [0.2, 0.25) is 0 Å². The van der Waals surface area contributed by atoms with Gasteiger partial charge in [0.15, 0.2) is 12.0 Å². The first kappa shape index (κ1) is 75.2. The minimum absolute atomic E-state index is 0.0553. The molecule has 0 saturated carbocycles. The molecule has 0 atom stereocenters. The number of benzene rings is 5. The molecule has 0 saturated heterocycles. The monoisotopic (exact) mass is 1470 g/mol. The summed E-state index contributed by atoms with van der Waals surface area (Å²) in [4.78, 5) is 43.9.